The molecule has 1 aromatic rings. The largest absolute Gasteiger partial charge is 0.545 e. The number of carboxylic acids is 4. The first-order valence-electron chi connectivity index (χ1n) is 4.29. The predicted octanol–water partition coefficient (Wildman–Crippen LogP) is -6.51. The number of hydrogen-bond donors (Lipinski definition) is 0. The smallest absolute Gasteiger partial charge is 0.0722 e. The van der Waals surface area contributed by atoms with Gasteiger partial charge >= 0.3 is 0 Å². The van der Waals surface area contributed by atoms with Crippen LogP contribution in [0.5, 0.6) is 0 Å². The Bertz CT molecular complexity index is 481. The Morgan fingerprint density at radius 2 is 0.714 bits per heavy atom. The predicted molar refractivity (Wildman–Crippen MR) is 51.0 cm³/mol. The maximum atomic E-state index is 10.6. The number of hydrogen-bond acceptors (Lipinski definition) is 8. The molecule has 0 aliphatic carbocycles. The molecule has 0 aliphatic heterocycles. The number of rotatable bonds is 4. The molecular weight excluding hydrogens is 344 g/mol. The van der Waals surface area contributed by atoms with E-state index in [1.807, 2.05) is 0 Å². The second-order valence-electron chi connectivity index (χ2n) is 3.09. The van der Waals surface area contributed by atoms with E-state index in [-0.39, 0.29) is 28.0 Å². The second-order valence-corrected chi connectivity index (χ2v) is 3.09. The van der Waals surface area contributed by atoms with Crippen LogP contribution in [0.2, 0.25) is 0 Å². The van der Waals surface area contributed by atoms with Gasteiger partial charge in [0.1, 0.15) is 0 Å². The van der Waals surface area contributed by atoms with E-state index in [1.165, 1.54) is 0 Å². The summed E-state index contributed by atoms with van der Waals surface area (Å²) in [6.07, 6.45) is 0. The molecule has 0 aliphatic rings. The van der Waals surface area contributed by atoms with Gasteiger partial charge in [-0.2, -0.15) is 0 Å². The van der Waals surface area contributed by atoms with Crippen LogP contribution in [0.25, 0.3) is 0 Å². The standard InChI is InChI=1S/C10H6O8.Cu.2H2O/c11-7(12)3-1-4(8(13)14)6(10(17)18)2-5(3)9(15)16;;;/h1-2H,(H,11,12)(H,13,14)(H,15,16)(H,17,18);;2*1H2/p-4. The minimum Gasteiger partial charge on any atom is -0.545 e. The van der Waals surface area contributed by atoms with E-state index in [9.17, 15) is 39.6 Å². The molecule has 0 saturated heterocycles. The van der Waals surface area contributed by atoms with E-state index in [0.717, 1.165) is 0 Å². The summed E-state index contributed by atoms with van der Waals surface area (Å²) in [5, 5.41) is 42.4. The zero-order valence-electron chi connectivity index (χ0n) is 9.72. The average molecular weight is 350 g/mol. The van der Waals surface area contributed by atoms with Gasteiger partial charge in [-0.1, -0.05) is 0 Å². The average Bonchev–Trinajstić information content (AvgIpc) is 2.26. The molecule has 121 valence electrons. The fraction of sp³-hybridized carbons (Fsp3) is 0. The van der Waals surface area contributed by atoms with Crippen molar-refractivity contribution in [1.29, 1.82) is 0 Å². The zero-order valence-corrected chi connectivity index (χ0v) is 10.7. The molecule has 10 nitrogen and oxygen atoms in total. The molecule has 0 aromatic heterocycles. The van der Waals surface area contributed by atoms with Gasteiger partial charge in [0.2, 0.25) is 0 Å². The van der Waals surface area contributed by atoms with Crippen LogP contribution < -0.4 is 20.4 Å². The van der Waals surface area contributed by atoms with Gasteiger partial charge in [0.25, 0.3) is 0 Å². The van der Waals surface area contributed by atoms with Crippen molar-refractivity contribution in [3.05, 3.63) is 34.4 Å². The minimum atomic E-state index is -2.00. The van der Waals surface area contributed by atoms with Gasteiger partial charge in [-0.3, -0.25) is 0 Å². The Kier molecular flexibility index (Phi) is 9.74. The van der Waals surface area contributed by atoms with Crippen molar-refractivity contribution < 1.29 is 67.6 Å². The Balaban J connectivity index is -0.00000108. The van der Waals surface area contributed by atoms with E-state index in [2.05, 4.69) is 0 Å². The summed E-state index contributed by atoms with van der Waals surface area (Å²) in [4.78, 5) is 42.4. The first-order valence-corrected chi connectivity index (χ1v) is 4.29. The van der Waals surface area contributed by atoms with Crippen molar-refractivity contribution in [2.45, 2.75) is 0 Å². The van der Waals surface area contributed by atoms with Gasteiger partial charge in [0, 0.05) is 39.3 Å². The molecule has 0 saturated carbocycles. The van der Waals surface area contributed by atoms with E-state index in [0.29, 0.717) is 12.1 Å². The molecule has 0 spiro atoms. The van der Waals surface area contributed by atoms with Crippen LogP contribution in [0.1, 0.15) is 41.4 Å². The van der Waals surface area contributed by atoms with Gasteiger partial charge in [-0.05, 0) is 12.1 Å². The van der Waals surface area contributed by atoms with Gasteiger partial charge in [-0.15, -0.1) is 0 Å². The monoisotopic (exact) mass is 349 g/mol. The number of aromatic carboxylic acids is 4. The maximum absolute atomic E-state index is 10.6. The molecular formula is C10H6CuO10-4. The fourth-order valence-electron chi connectivity index (χ4n) is 1.28. The third-order valence-electron chi connectivity index (χ3n) is 2.04. The molecule has 0 atom stereocenters. The molecule has 21 heavy (non-hydrogen) atoms. The van der Waals surface area contributed by atoms with E-state index in [4.69, 9.17) is 0 Å². The number of benzene rings is 1. The maximum Gasteiger partial charge on any atom is 0.0722 e. The molecule has 11 heteroatoms. The summed E-state index contributed by atoms with van der Waals surface area (Å²) in [7, 11) is 0. The summed E-state index contributed by atoms with van der Waals surface area (Å²) < 4.78 is 0. The molecule has 0 heterocycles. The molecule has 1 aromatic carbocycles. The molecule has 1 radical (unpaired) electrons. The first kappa shape index (κ1) is 23.6. The summed E-state index contributed by atoms with van der Waals surface area (Å²) in [6, 6.07) is 0.613. The summed E-state index contributed by atoms with van der Waals surface area (Å²) in [6.45, 7) is 0. The van der Waals surface area contributed by atoms with Crippen LogP contribution in [0.4, 0.5) is 0 Å². The van der Waals surface area contributed by atoms with Crippen molar-refractivity contribution in [2.75, 3.05) is 0 Å². The Hall–Kier alpha value is -2.46. The normalized spacial score (nSPS) is 8.38. The van der Waals surface area contributed by atoms with Crippen molar-refractivity contribution in [3.63, 3.8) is 0 Å². The number of carboxylic acid groups (broad SMARTS) is 4. The molecule has 0 unspecified atom stereocenters. The van der Waals surface area contributed by atoms with Crippen molar-refractivity contribution >= 4 is 23.9 Å². The number of carbonyl (C=O) groups excluding carboxylic acids is 4. The molecule has 0 fully saturated rings. The van der Waals surface area contributed by atoms with Crippen LogP contribution in [-0.4, -0.2) is 34.8 Å². The van der Waals surface area contributed by atoms with Crippen LogP contribution in [0.3, 0.4) is 0 Å². The van der Waals surface area contributed by atoms with E-state index >= 15 is 0 Å². The molecule has 4 N–H and O–H groups in total. The van der Waals surface area contributed by atoms with Crippen LogP contribution in [0, 0.1) is 0 Å². The van der Waals surface area contributed by atoms with Gasteiger partial charge < -0.3 is 50.6 Å². The zero-order chi connectivity index (χ0) is 14.0. The van der Waals surface area contributed by atoms with Gasteiger partial charge in [0.15, 0.2) is 0 Å². The van der Waals surface area contributed by atoms with Gasteiger partial charge in [0.05, 0.1) is 23.9 Å². The third kappa shape index (κ3) is 4.85. The fourth-order valence-corrected chi connectivity index (χ4v) is 1.28. The first-order chi connectivity index (χ1) is 8.25. The second kappa shape index (κ2) is 8.66. The summed E-state index contributed by atoms with van der Waals surface area (Å²) in [5.41, 5.74) is -4.11. The number of carbonyl (C=O) groups is 4. The van der Waals surface area contributed by atoms with Crippen LogP contribution >= 0.6 is 0 Å². The Morgan fingerprint density at radius 3 is 0.810 bits per heavy atom. The van der Waals surface area contributed by atoms with E-state index < -0.39 is 46.1 Å². The van der Waals surface area contributed by atoms with Crippen molar-refractivity contribution in [1.82, 2.24) is 0 Å². The SMILES string of the molecule is O.O.O=C([O-])c1cc(C(=O)[O-])c(C(=O)[O-])cc1C(=O)[O-].[Cu]. The third-order valence-corrected chi connectivity index (χ3v) is 2.04. The quantitative estimate of drug-likeness (QED) is 0.473. The summed E-state index contributed by atoms with van der Waals surface area (Å²) in [5.74, 6) is -7.99. The van der Waals surface area contributed by atoms with Crippen molar-refractivity contribution in [2.24, 2.45) is 0 Å². The Labute approximate surface area is 126 Å². The topological polar surface area (TPSA) is 224 Å². The molecule has 1 rings (SSSR count). The van der Waals surface area contributed by atoms with Crippen LogP contribution in [0.15, 0.2) is 12.1 Å². The van der Waals surface area contributed by atoms with Crippen LogP contribution in [-0.2, 0) is 17.1 Å². The molecule has 0 amide bonds. The molecule has 0 bridgehead atoms. The van der Waals surface area contributed by atoms with Crippen molar-refractivity contribution in [3.8, 4) is 0 Å². The summed E-state index contributed by atoms with van der Waals surface area (Å²) >= 11 is 0. The van der Waals surface area contributed by atoms with E-state index in [1.54, 1.807) is 0 Å². The minimum absolute atomic E-state index is 0. The van der Waals surface area contributed by atoms with Gasteiger partial charge in [-0.25, -0.2) is 0 Å². The Morgan fingerprint density at radius 1 is 0.571 bits per heavy atom.